The molecule has 1 aliphatic rings. The Morgan fingerprint density at radius 1 is 0.880 bits per heavy atom. The largest absolute Gasteiger partial charge is 0.350 e. The van der Waals surface area contributed by atoms with Crippen LogP contribution in [0, 0.1) is 0 Å². The fourth-order valence-corrected chi connectivity index (χ4v) is 4.00. The number of benzene rings is 2. The standard InChI is InChI=1S/C21H20Cl2N2/c22-18-10-9-17(14-19(18)23)21-20-8-4-11-24(20)12-5-13-25(21)15-16-6-2-1-3-7-16/h1-4,6-11,14,21H,5,12-13,15H2/t21-/m1/s1. The molecule has 0 fully saturated rings. The normalized spacial score (nSPS) is 17.9. The van der Waals surface area contributed by atoms with E-state index in [1.54, 1.807) is 0 Å². The molecule has 0 aliphatic carbocycles. The minimum atomic E-state index is 0.174. The Labute approximate surface area is 158 Å². The van der Waals surface area contributed by atoms with E-state index < -0.39 is 0 Å². The van der Waals surface area contributed by atoms with Crippen LogP contribution in [-0.2, 0) is 13.1 Å². The second kappa shape index (κ2) is 7.25. The molecule has 2 heterocycles. The monoisotopic (exact) mass is 370 g/mol. The summed E-state index contributed by atoms with van der Waals surface area (Å²) in [5.74, 6) is 0. The van der Waals surface area contributed by atoms with Gasteiger partial charge in [0, 0.05) is 31.5 Å². The highest BCUT2D eigenvalue weighted by Crippen LogP contribution is 2.35. The molecule has 0 unspecified atom stereocenters. The van der Waals surface area contributed by atoms with E-state index in [-0.39, 0.29) is 6.04 Å². The van der Waals surface area contributed by atoms with Crippen LogP contribution in [0.1, 0.15) is 29.3 Å². The maximum Gasteiger partial charge on any atom is 0.0759 e. The zero-order valence-electron chi connectivity index (χ0n) is 13.9. The third kappa shape index (κ3) is 3.48. The first-order chi connectivity index (χ1) is 12.2. The van der Waals surface area contributed by atoms with Gasteiger partial charge in [0.25, 0.3) is 0 Å². The molecule has 0 N–H and O–H groups in total. The van der Waals surface area contributed by atoms with Gasteiger partial charge in [0.1, 0.15) is 0 Å². The SMILES string of the molecule is Clc1ccc([C@@H]2c3cccn3CCCN2Cc2ccccc2)cc1Cl. The van der Waals surface area contributed by atoms with Crippen molar-refractivity contribution in [3.8, 4) is 0 Å². The number of rotatable bonds is 3. The van der Waals surface area contributed by atoms with E-state index in [1.165, 1.54) is 16.8 Å². The number of nitrogens with zero attached hydrogens (tertiary/aromatic N) is 2. The average molecular weight is 371 g/mol. The zero-order chi connectivity index (χ0) is 17.2. The highest BCUT2D eigenvalue weighted by molar-refractivity contribution is 6.42. The van der Waals surface area contributed by atoms with Crippen molar-refractivity contribution in [1.82, 2.24) is 9.47 Å². The number of fused-ring (bicyclic) bond motifs is 1. The molecule has 0 radical (unpaired) electrons. The van der Waals surface area contributed by atoms with Crippen molar-refractivity contribution in [2.45, 2.75) is 25.6 Å². The first kappa shape index (κ1) is 16.7. The Bertz CT molecular complexity index is 857. The van der Waals surface area contributed by atoms with Crippen LogP contribution < -0.4 is 0 Å². The minimum absolute atomic E-state index is 0.174. The summed E-state index contributed by atoms with van der Waals surface area (Å²) in [6.45, 7) is 3.00. The van der Waals surface area contributed by atoms with Gasteiger partial charge in [0.2, 0.25) is 0 Å². The summed E-state index contributed by atoms with van der Waals surface area (Å²) in [6.07, 6.45) is 3.30. The van der Waals surface area contributed by atoms with Gasteiger partial charge in [-0.2, -0.15) is 0 Å². The molecule has 4 heteroatoms. The van der Waals surface area contributed by atoms with Crippen LogP contribution in [0.3, 0.4) is 0 Å². The molecule has 1 aromatic heterocycles. The van der Waals surface area contributed by atoms with Crippen molar-refractivity contribution >= 4 is 23.2 Å². The quantitative estimate of drug-likeness (QED) is 0.566. The predicted octanol–water partition coefficient (Wildman–Crippen LogP) is 5.79. The molecule has 0 saturated heterocycles. The van der Waals surface area contributed by atoms with Crippen molar-refractivity contribution in [3.05, 3.63) is 93.7 Å². The molecule has 128 valence electrons. The smallest absolute Gasteiger partial charge is 0.0759 e. The highest BCUT2D eigenvalue weighted by atomic mass is 35.5. The second-order valence-corrected chi connectivity index (χ2v) is 7.33. The van der Waals surface area contributed by atoms with Crippen LogP contribution in [0.5, 0.6) is 0 Å². The van der Waals surface area contributed by atoms with Crippen LogP contribution in [0.2, 0.25) is 10.0 Å². The molecule has 0 bridgehead atoms. The summed E-state index contributed by atoms with van der Waals surface area (Å²) in [5.41, 5.74) is 3.83. The Morgan fingerprint density at radius 2 is 1.72 bits per heavy atom. The van der Waals surface area contributed by atoms with E-state index in [0.29, 0.717) is 10.0 Å². The molecule has 4 rings (SSSR count). The second-order valence-electron chi connectivity index (χ2n) is 6.51. The Hall–Kier alpha value is -1.74. The van der Waals surface area contributed by atoms with E-state index in [1.807, 2.05) is 12.1 Å². The molecule has 3 aromatic rings. The topological polar surface area (TPSA) is 8.17 Å². The molecular formula is C21H20Cl2N2. The lowest BCUT2D eigenvalue weighted by Crippen LogP contribution is -2.29. The van der Waals surface area contributed by atoms with Crippen LogP contribution in [0.4, 0.5) is 0 Å². The fourth-order valence-electron chi connectivity index (χ4n) is 3.69. The van der Waals surface area contributed by atoms with Gasteiger partial charge in [-0.15, -0.1) is 0 Å². The highest BCUT2D eigenvalue weighted by Gasteiger charge is 2.27. The van der Waals surface area contributed by atoms with E-state index >= 15 is 0 Å². The Kier molecular flexibility index (Phi) is 4.85. The summed E-state index contributed by atoms with van der Waals surface area (Å²) in [4.78, 5) is 2.54. The molecule has 25 heavy (non-hydrogen) atoms. The van der Waals surface area contributed by atoms with E-state index in [0.717, 1.165) is 26.1 Å². The molecule has 0 amide bonds. The molecule has 1 aliphatic heterocycles. The number of hydrogen-bond acceptors (Lipinski definition) is 1. The first-order valence-electron chi connectivity index (χ1n) is 8.60. The lowest BCUT2D eigenvalue weighted by atomic mass is 10.0. The van der Waals surface area contributed by atoms with Crippen LogP contribution in [0.25, 0.3) is 0 Å². The van der Waals surface area contributed by atoms with Crippen LogP contribution in [-0.4, -0.2) is 16.0 Å². The van der Waals surface area contributed by atoms with E-state index in [4.69, 9.17) is 23.2 Å². The van der Waals surface area contributed by atoms with Gasteiger partial charge in [-0.05, 0) is 41.8 Å². The third-order valence-electron chi connectivity index (χ3n) is 4.84. The van der Waals surface area contributed by atoms with E-state index in [9.17, 15) is 0 Å². The lowest BCUT2D eigenvalue weighted by molar-refractivity contribution is 0.220. The van der Waals surface area contributed by atoms with Gasteiger partial charge in [-0.3, -0.25) is 4.90 Å². The van der Waals surface area contributed by atoms with Crippen molar-refractivity contribution in [1.29, 1.82) is 0 Å². The van der Waals surface area contributed by atoms with Gasteiger partial charge in [-0.1, -0.05) is 59.6 Å². The average Bonchev–Trinajstić information content (AvgIpc) is 3.00. The summed E-state index contributed by atoms with van der Waals surface area (Å²) >= 11 is 12.5. The summed E-state index contributed by atoms with van der Waals surface area (Å²) < 4.78 is 2.36. The number of halogens is 2. The number of aromatic nitrogens is 1. The van der Waals surface area contributed by atoms with Crippen LogP contribution >= 0.6 is 23.2 Å². The van der Waals surface area contributed by atoms with Crippen molar-refractivity contribution < 1.29 is 0 Å². The molecule has 0 saturated carbocycles. The van der Waals surface area contributed by atoms with Gasteiger partial charge in [0.15, 0.2) is 0 Å². The molecule has 2 nitrogen and oxygen atoms in total. The van der Waals surface area contributed by atoms with Crippen LogP contribution in [0.15, 0.2) is 66.9 Å². The third-order valence-corrected chi connectivity index (χ3v) is 5.58. The summed E-state index contributed by atoms with van der Waals surface area (Å²) in [7, 11) is 0. The van der Waals surface area contributed by atoms with Crippen molar-refractivity contribution in [3.63, 3.8) is 0 Å². The number of hydrogen-bond donors (Lipinski definition) is 0. The lowest BCUT2D eigenvalue weighted by Gasteiger charge is -2.31. The Balaban J connectivity index is 1.76. The molecule has 1 atom stereocenters. The number of aryl methyl sites for hydroxylation is 1. The maximum absolute atomic E-state index is 6.33. The Morgan fingerprint density at radius 3 is 2.52 bits per heavy atom. The predicted molar refractivity (Wildman–Crippen MR) is 104 cm³/mol. The van der Waals surface area contributed by atoms with Gasteiger partial charge < -0.3 is 4.57 Å². The van der Waals surface area contributed by atoms with Crippen molar-refractivity contribution in [2.24, 2.45) is 0 Å². The summed E-state index contributed by atoms with van der Waals surface area (Å²) in [5, 5.41) is 1.21. The maximum atomic E-state index is 6.33. The molecular weight excluding hydrogens is 351 g/mol. The van der Waals surface area contributed by atoms with Crippen molar-refractivity contribution in [2.75, 3.05) is 6.54 Å². The van der Waals surface area contributed by atoms with Gasteiger partial charge >= 0.3 is 0 Å². The van der Waals surface area contributed by atoms with Gasteiger partial charge in [0.05, 0.1) is 16.1 Å². The first-order valence-corrected chi connectivity index (χ1v) is 9.36. The molecule has 0 spiro atoms. The van der Waals surface area contributed by atoms with Gasteiger partial charge in [-0.25, -0.2) is 0 Å². The molecule has 2 aromatic carbocycles. The fraction of sp³-hybridized carbons (Fsp3) is 0.238. The minimum Gasteiger partial charge on any atom is -0.350 e. The zero-order valence-corrected chi connectivity index (χ0v) is 15.4. The summed E-state index contributed by atoms with van der Waals surface area (Å²) in [6, 6.07) is 21.2. The van der Waals surface area contributed by atoms with E-state index in [2.05, 4.69) is 64.2 Å².